The number of carbonyl (C=O) groups excluding carboxylic acids is 3. The van der Waals surface area contributed by atoms with Crippen molar-refractivity contribution in [2.45, 2.75) is 13.5 Å². The summed E-state index contributed by atoms with van der Waals surface area (Å²) < 4.78 is 4.89. The van der Waals surface area contributed by atoms with Crippen molar-refractivity contribution >= 4 is 41.0 Å². The zero-order valence-electron chi connectivity index (χ0n) is 13.1. The molecule has 1 aliphatic rings. The number of hydrogen-bond donors (Lipinski definition) is 0. The number of benzene rings is 1. The first-order chi connectivity index (χ1) is 11.9. The highest BCUT2D eigenvalue weighted by molar-refractivity contribution is 6.42. The quantitative estimate of drug-likeness (QED) is 0.602. The Hall–Kier alpha value is -2.44. The largest absolute Gasteiger partial charge is 0.461 e. The highest BCUT2D eigenvalue weighted by Gasteiger charge is 2.36. The molecule has 1 aliphatic heterocycles. The minimum Gasteiger partial charge on any atom is -0.461 e. The van der Waals surface area contributed by atoms with Crippen molar-refractivity contribution in [2.24, 2.45) is 0 Å². The third-order valence-corrected chi connectivity index (χ3v) is 4.47. The molecular formula is C17H12Cl2N2O4. The molecule has 0 fully saturated rings. The van der Waals surface area contributed by atoms with Crippen molar-refractivity contribution in [1.29, 1.82) is 0 Å². The highest BCUT2D eigenvalue weighted by Crippen LogP contribution is 2.30. The normalized spacial score (nSPS) is 13.2. The van der Waals surface area contributed by atoms with Crippen LogP contribution in [0.5, 0.6) is 0 Å². The number of carbonyl (C=O) groups is 3. The Balaban J connectivity index is 1.95. The summed E-state index contributed by atoms with van der Waals surface area (Å²) in [5.41, 5.74) is 0.738. The summed E-state index contributed by atoms with van der Waals surface area (Å²) >= 11 is 12.2. The molecule has 2 aromatic rings. The number of rotatable bonds is 4. The molecule has 0 radical (unpaired) electrons. The van der Waals surface area contributed by atoms with E-state index in [1.54, 1.807) is 31.2 Å². The minimum absolute atomic E-state index is 0.0390. The summed E-state index contributed by atoms with van der Waals surface area (Å²) in [6.45, 7) is 1.64. The van der Waals surface area contributed by atoms with E-state index < -0.39 is 17.8 Å². The van der Waals surface area contributed by atoms with E-state index in [2.05, 4.69) is 4.98 Å². The van der Waals surface area contributed by atoms with E-state index in [1.807, 2.05) is 0 Å². The highest BCUT2D eigenvalue weighted by atomic mass is 35.5. The topological polar surface area (TPSA) is 76.6 Å². The van der Waals surface area contributed by atoms with Crippen LogP contribution in [0.1, 0.15) is 43.8 Å². The first-order valence-electron chi connectivity index (χ1n) is 7.41. The van der Waals surface area contributed by atoms with Crippen molar-refractivity contribution < 1.29 is 19.1 Å². The monoisotopic (exact) mass is 378 g/mol. The zero-order valence-corrected chi connectivity index (χ0v) is 14.6. The van der Waals surface area contributed by atoms with Gasteiger partial charge >= 0.3 is 5.97 Å². The molecule has 0 unspecified atom stereocenters. The lowest BCUT2D eigenvalue weighted by atomic mass is 10.1. The zero-order chi connectivity index (χ0) is 18.1. The Morgan fingerprint density at radius 2 is 1.76 bits per heavy atom. The van der Waals surface area contributed by atoms with E-state index in [1.165, 1.54) is 6.07 Å². The molecule has 25 heavy (non-hydrogen) atoms. The first-order valence-corrected chi connectivity index (χ1v) is 8.17. The number of amides is 2. The van der Waals surface area contributed by atoms with E-state index in [4.69, 9.17) is 27.9 Å². The van der Waals surface area contributed by atoms with Gasteiger partial charge in [-0.25, -0.2) is 9.78 Å². The summed E-state index contributed by atoms with van der Waals surface area (Å²) in [6, 6.07) is 7.79. The van der Waals surface area contributed by atoms with Gasteiger partial charge in [0.05, 0.1) is 40.0 Å². The molecule has 2 heterocycles. The molecule has 0 aliphatic carbocycles. The molecule has 128 valence electrons. The second-order valence-corrected chi connectivity index (χ2v) is 6.00. The fourth-order valence-corrected chi connectivity index (χ4v) is 2.86. The molecule has 8 heteroatoms. The Labute approximate surface area is 153 Å². The van der Waals surface area contributed by atoms with Crippen molar-refractivity contribution in [3.63, 3.8) is 0 Å². The fourth-order valence-electron chi connectivity index (χ4n) is 2.49. The van der Waals surface area contributed by atoms with E-state index in [-0.39, 0.29) is 34.6 Å². The minimum atomic E-state index is -0.662. The van der Waals surface area contributed by atoms with Gasteiger partial charge in [0.1, 0.15) is 5.69 Å². The Kier molecular flexibility index (Phi) is 4.74. The lowest BCUT2D eigenvalue weighted by Gasteiger charge is -2.15. The lowest BCUT2D eigenvalue weighted by Crippen LogP contribution is -2.30. The SMILES string of the molecule is CCOC(=O)c1cc(Cl)c(Cl)c(CN2C(=O)c3ccccc3C2=O)n1. The van der Waals surface area contributed by atoms with E-state index in [0.717, 1.165) is 4.90 Å². The number of aromatic nitrogens is 1. The van der Waals surface area contributed by atoms with Gasteiger partial charge in [0.25, 0.3) is 11.8 Å². The molecule has 0 saturated heterocycles. The molecule has 0 atom stereocenters. The molecular weight excluding hydrogens is 367 g/mol. The average molecular weight is 379 g/mol. The van der Waals surface area contributed by atoms with Crippen molar-refractivity contribution in [3.8, 4) is 0 Å². The molecule has 0 saturated carbocycles. The molecule has 3 rings (SSSR count). The molecule has 6 nitrogen and oxygen atoms in total. The smallest absolute Gasteiger partial charge is 0.356 e. The van der Waals surface area contributed by atoms with Gasteiger partial charge in [-0.05, 0) is 25.1 Å². The van der Waals surface area contributed by atoms with Crippen molar-refractivity contribution in [3.05, 3.63) is 62.9 Å². The molecule has 1 aromatic heterocycles. The van der Waals surface area contributed by atoms with Gasteiger partial charge in [0, 0.05) is 0 Å². The Bertz CT molecular complexity index is 863. The molecule has 1 aromatic carbocycles. The lowest BCUT2D eigenvalue weighted by molar-refractivity contribution is 0.0519. The number of imide groups is 1. The number of halogens is 2. The number of esters is 1. The summed E-state index contributed by atoms with van der Waals surface area (Å²) in [4.78, 5) is 41.9. The second kappa shape index (κ2) is 6.82. The third-order valence-electron chi connectivity index (χ3n) is 3.65. The predicted molar refractivity (Wildman–Crippen MR) is 90.9 cm³/mol. The molecule has 2 amide bonds. The Morgan fingerprint density at radius 1 is 1.16 bits per heavy atom. The van der Waals surface area contributed by atoms with Crippen LogP contribution in [0.15, 0.2) is 30.3 Å². The number of hydrogen-bond acceptors (Lipinski definition) is 5. The summed E-state index contributed by atoms with van der Waals surface area (Å²) in [7, 11) is 0. The third kappa shape index (κ3) is 3.10. The maximum atomic E-state index is 12.4. The van der Waals surface area contributed by atoms with E-state index >= 15 is 0 Å². The van der Waals surface area contributed by atoms with Crippen LogP contribution in [0, 0.1) is 0 Å². The van der Waals surface area contributed by atoms with Crippen LogP contribution < -0.4 is 0 Å². The maximum Gasteiger partial charge on any atom is 0.356 e. The second-order valence-electron chi connectivity index (χ2n) is 5.21. The van der Waals surface area contributed by atoms with Gasteiger partial charge in [-0.2, -0.15) is 0 Å². The average Bonchev–Trinajstić information content (AvgIpc) is 2.84. The van der Waals surface area contributed by atoms with Gasteiger partial charge in [-0.15, -0.1) is 0 Å². The van der Waals surface area contributed by atoms with Gasteiger partial charge < -0.3 is 4.74 Å². The maximum absolute atomic E-state index is 12.4. The van der Waals surface area contributed by atoms with Crippen LogP contribution in [0.4, 0.5) is 0 Å². The first kappa shape index (κ1) is 17.4. The molecule has 0 spiro atoms. The van der Waals surface area contributed by atoms with Crippen LogP contribution in [-0.2, 0) is 11.3 Å². The number of fused-ring (bicyclic) bond motifs is 1. The number of ether oxygens (including phenoxy) is 1. The number of nitrogens with zero attached hydrogens (tertiary/aromatic N) is 2. The van der Waals surface area contributed by atoms with Gasteiger partial charge in [-0.1, -0.05) is 35.3 Å². The van der Waals surface area contributed by atoms with Crippen molar-refractivity contribution in [1.82, 2.24) is 9.88 Å². The van der Waals surface area contributed by atoms with Crippen LogP contribution in [0.25, 0.3) is 0 Å². The summed E-state index contributed by atoms with van der Waals surface area (Å²) in [5.74, 6) is -1.56. The van der Waals surface area contributed by atoms with Crippen molar-refractivity contribution in [2.75, 3.05) is 6.61 Å². The predicted octanol–water partition coefficient (Wildman–Crippen LogP) is 3.36. The Morgan fingerprint density at radius 3 is 2.32 bits per heavy atom. The van der Waals surface area contributed by atoms with Gasteiger partial charge in [0.2, 0.25) is 0 Å². The standard InChI is InChI=1S/C17H12Cl2N2O4/c1-2-25-17(24)12-7-11(18)14(19)13(20-12)8-21-15(22)9-5-3-4-6-10(9)16(21)23/h3-7H,2,8H2,1H3. The van der Waals surface area contributed by atoms with E-state index in [0.29, 0.717) is 11.1 Å². The van der Waals surface area contributed by atoms with E-state index in [9.17, 15) is 14.4 Å². The molecule has 0 bridgehead atoms. The van der Waals surface area contributed by atoms with Gasteiger partial charge in [0.15, 0.2) is 0 Å². The number of pyridine rings is 1. The van der Waals surface area contributed by atoms with Crippen LogP contribution in [0.2, 0.25) is 10.0 Å². The van der Waals surface area contributed by atoms with Crippen LogP contribution >= 0.6 is 23.2 Å². The van der Waals surface area contributed by atoms with Crippen LogP contribution in [0.3, 0.4) is 0 Å². The summed E-state index contributed by atoms with van der Waals surface area (Å²) in [6.07, 6.45) is 0. The van der Waals surface area contributed by atoms with Gasteiger partial charge in [-0.3, -0.25) is 14.5 Å². The van der Waals surface area contributed by atoms with Crippen LogP contribution in [-0.4, -0.2) is 34.3 Å². The fraction of sp³-hybridized carbons (Fsp3) is 0.176. The molecule has 0 N–H and O–H groups in total. The summed E-state index contributed by atoms with van der Waals surface area (Å²) in [5, 5.41) is 0.164.